The Kier molecular flexibility index (Phi) is 5.55. The highest BCUT2D eigenvalue weighted by Gasteiger charge is 2.25. The van der Waals surface area contributed by atoms with Crippen molar-refractivity contribution in [2.75, 3.05) is 13.1 Å². The second-order valence-corrected chi connectivity index (χ2v) is 4.72. The molecule has 2 nitrogen and oxygen atoms in total. The minimum absolute atomic E-state index is 0.223. The van der Waals surface area contributed by atoms with Crippen molar-refractivity contribution in [3.05, 3.63) is 0 Å². The molecule has 0 amide bonds. The van der Waals surface area contributed by atoms with Gasteiger partial charge in [-0.25, -0.2) is 0 Å². The van der Waals surface area contributed by atoms with Crippen molar-refractivity contribution < 1.29 is 13.2 Å². The largest absolute Gasteiger partial charge is 0.389 e. The smallest absolute Gasteiger partial charge is 0.328 e. The normalized spacial score (nSPS) is 26.2. The maximum absolute atomic E-state index is 11.8. The summed E-state index contributed by atoms with van der Waals surface area (Å²) in [6.07, 6.45) is -0.563. The quantitative estimate of drug-likeness (QED) is 0.697. The lowest BCUT2D eigenvalue weighted by Crippen LogP contribution is -2.24. The predicted molar refractivity (Wildman–Crippen MR) is 58.1 cm³/mol. The molecule has 5 heteroatoms. The number of alkyl halides is 3. The maximum Gasteiger partial charge on any atom is 0.389 e. The average Bonchev–Trinajstić information content (AvgIpc) is 2.56. The molecule has 0 aromatic heterocycles. The molecule has 1 aliphatic carbocycles. The van der Waals surface area contributed by atoms with Gasteiger partial charge in [0.2, 0.25) is 0 Å². The molecule has 2 atom stereocenters. The van der Waals surface area contributed by atoms with E-state index in [0.717, 1.165) is 25.8 Å². The van der Waals surface area contributed by atoms with Crippen LogP contribution in [0.1, 0.15) is 38.5 Å². The third-order valence-corrected chi connectivity index (χ3v) is 3.08. The molecule has 3 N–H and O–H groups in total. The van der Waals surface area contributed by atoms with E-state index in [1.54, 1.807) is 0 Å². The van der Waals surface area contributed by atoms with Gasteiger partial charge in [-0.3, -0.25) is 0 Å². The molecule has 1 aliphatic rings. The van der Waals surface area contributed by atoms with Crippen LogP contribution in [0.25, 0.3) is 0 Å². The zero-order valence-corrected chi connectivity index (χ0v) is 9.52. The summed E-state index contributed by atoms with van der Waals surface area (Å²) in [6.45, 7) is 1.58. The Balaban J connectivity index is 1.89. The number of nitrogens with two attached hydrogens (primary N) is 1. The van der Waals surface area contributed by atoms with Gasteiger partial charge in [-0.05, 0) is 51.1 Å². The van der Waals surface area contributed by atoms with E-state index in [-0.39, 0.29) is 6.42 Å². The first-order valence-electron chi connectivity index (χ1n) is 6.00. The topological polar surface area (TPSA) is 38.0 Å². The van der Waals surface area contributed by atoms with E-state index in [4.69, 9.17) is 5.73 Å². The summed E-state index contributed by atoms with van der Waals surface area (Å²) in [4.78, 5) is 0. The molecule has 0 bridgehead atoms. The Bertz CT molecular complexity index is 194. The fourth-order valence-corrected chi connectivity index (χ4v) is 2.18. The van der Waals surface area contributed by atoms with Crippen LogP contribution in [0.2, 0.25) is 0 Å². The number of nitrogens with one attached hydrogen (secondary N) is 1. The number of unbranched alkanes of at least 4 members (excludes halogenated alkanes) is 1. The molecule has 16 heavy (non-hydrogen) atoms. The molecule has 0 saturated heterocycles. The van der Waals surface area contributed by atoms with E-state index in [0.29, 0.717) is 24.9 Å². The zero-order valence-electron chi connectivity index (χ0n) is 9.52. The van der Waals surface area contributed by atoms with Gasteiger partial charge in [0.15, 0.2) is 0 Å². The van der Waals surface area contributed by atoms with Gasteiger partial charge in [0, 0.05) is 12.5 Å². The molecule has 2 unspecified atom stereocenters. The number of hydrogen-bond donors (Lipinski definition) is 2. The minimum atomic E-state index is -4.00. The molecule has 0 heterocycles. The summed E-state index contributed by atoms with van der Waals surface area (Å²) < 4.78 is 35.5. The van der Waals surface area contributed by atoms with E-state index in [2.05, 4.69) is 5.32 Å². The summed E-state index contributed by atoms with van der Waals surface area (Å²) in [5, 5.41) is 3.21. The molecule has 0 aliphatic heterocycles. The molecule has 0 aromatic carbocycles. The van der Waals surface area contributed by atoms with Crippen molar-refractivity contribution in [1.29, 1.82) is 0 Å². The van der Waals surface area contributed by atoms with Crippen LogP contribution >= 0.6 is 0 Å². The van der Waals surface area contributed by atoms with Crippen molar-refractivity contribution in [3.8, 4) is 0 Å². The molecule has 1 saturated carbocycles. The number of halogens is 3. The summed E-state index contributed by atoms with van der Waals surface area (Å²) in [7, 11) is 0. The Morgan fingerprint density at radius 2 is 1.94 bits per heavy atom. The first-order chi connectivity index (χ1) is 7.47. The minimum Gasteiger partial charge on any atom is -0.328 e. The molecule has 0 aromatic rings. The third-order valence-electron chi connectivity index (χ3n) is 3.08. The molecule has 0 radical (unpaired) electrons. The lowest BCUT2D eigenvalue weighted by molar-refractivity contribution is -0.135. The van der Waals surface area contributed by atoms with E-state index in [1.807, 2.05) is 0 Å². The van der Waals surface area contributed by atoms with Crippen molar-refractivity contribution in [2.45, 2.75) is 50.7 Å². The van der Waals surface area contributed by atoms with Crippen LogP contribution in [0, 0.1) is 5.92 Å². The Hall–Kier alpha value is -0.290. The zero-order chi connectivity index (χ0) is 12.0. The highest BCUT2D eigenvalue weighted by atomic mass is 19.4. The molecule has 96 valence electrons. The van der Waals surface area contributed by atoms with Gasteiger partial charge < -0.3 is 11.1 Å². The molecule has 1 fully saturated rings. The Morgan fingerprint density at radius 3 is 2.50 bits per heavy atom. The summed E-state index contributed by atoms with van der Waals surface area (Å²) in [6, 6.07) is 0.331. The van der Waals surface area contributed by atoms with Crippen molar-refractivity contribution in [3.63, 3.8) is 0 Å². The second-order valence-electron chi connectivity index (χ2n) is 4.72. The van der Waals surface area contributed by atoms with Gasteiger partial charge in [0.25, 0.3) is 0 Å². The number of hydrogen-bond acceptors (Lipinski definition) is 2. The van der Waals surface area contributed by atoms with Crippen LogP contribution in [0.3, 0.4) is 0 Å². The van der Waals surface area contributed by atoms with Crippen LogP contribution in [0.5, 0.6) is 0 Å². The lowest BCUT2D eigenvalue weighted by atomic mass is 10.1. The highest BCUT2D eigenvalue weighted by molar-refractivity contribution is 4.78. The molecular formula is C11H21F3N2. The monoisotopic (exact) mass is 238 g/mol. The van der Waals surface area contributed by atoms with Gasteiger partial charge in [-0.1, -0.05) is 0 Å². The predicted octanol–water partition coefficient (Wildman–Crippen LogP) is 2.44. The number of rotatable bonds is 6. The highest BCUT2D eigenvalue weighted by Crippen LogP contribution is 2.23. The SMILES string of the molecule is NC1CCC(CNCCCCC(F)(F)F)C1. The van der Waals surface area contributed by atoms with Crippen LogP contribution in [0.4, 0.5) is 13.2 Å². The first-order valence-corrected chi connectivity index (χ1v) is 6.00. The van der Waals surface area contributed by atoms with E-state index >= 15 is 0 Å². The van der Waals surface area contributed by atoms with Gasteiger partial charge in [-0.2, -0.15) is 13.2 Å². The van der Waals surface area contributed by atoms with Gasteiger partial charge in [0.05, 0.1) is 0 Å². The van der Waals surface area contributed by atoms with Gasteiger partial charge in [0.1, 0.15) is 0 Å². The van der Waals surface area contributed by atoms with Crippen molar-refractivity contribution >= 4 is 0 Å². The molecule has 1 rings (SSSR count). The van der Waals surface area contributed by atoms with Crippen molar-refractivity contribution in [2.24, 2.45) is 11.7 Å². The van der Waals surface area contributed by atoms with E-state index in [9.17, 15) is 13.2 Å². The van der Waals surface area contributed by atoms with Crippen LogP contribution in [-0.2, 0) is 0 Å². The molecule has 0 spiro atoms. The van der Waals surface area contributed by atoms with Crippen LogP contribution in [0.15, 0.2) is 0 Å². The van der Waals surface area contributed by atoms with Gasteiger partial charge >= 0.3 is 6.18 Å². The van der Waals surface area contributed by atoms with Crippen LogP contribution < -0.4 is 11.1 Å². The second kappa shape index (κ2) is 6.45. The average molecular weight is 238 g/mol. The molecular weight excluding hydrogens is 217 g/mol. The van der Waals surface area contributed by atoms with E-state index < -0.39 is 12.6 Å². The first kappa shape index (κ1) is 13.8. The maximum atomic E-state index is 11.8. The fourth-order valence-electron chi connectivity index (χ4n) is 2.18. The summed E-state index contributed by atoms with van der Waals surface area (Å²) in [5.74, 6) is 0.623. The van der Waals surface area contributed by atoms with E-state index in [1.165, 1.54) is 0 Å². The third kappa shape index (κ3) is 6.33. The summed E-state index contributed by atoms with van der Waals surface area (Å²) >= 11 is 0. The lowest BCUT2D eigenvalue weighted by Gasteiger charge is -2.11. The van der Waals surface area contributed by atoms with Crippen molar-refractivity contribution in [1.82, 2.24) is 5.32 Å². The Morgan fingerprint density at radius 1 is 1.19 bits per heavy atom. The Labute approximate surface area is 94.8 Å². The van der Waals surface area contributed by atoms with Crippen LogP contribution in [-0.4, -0.2) is 25.3 Å². The fraction of sp³-hybridized carbons (Fsp3) is 1.00. The van der Waals surface area contributed by atoms with Gasteiger partial charge in [-0.15, -0.1) is 0 Å². The standard InChI is InChI=1S/C11H21F3N2/c12-11(13,14)5-1-2-6-16-8-9-3-4-10(15)7-9/h9-10,16H,1-8,15H2. The summed E-state index contributed by atoms with van der Waals surface area (Å²) in [5.41, 5.74) is 5.77.